The Hall–Kier alpha value is -1.96. The lowest BCUT2D eigenvalue weighted by atomic mass is 10.0. The van der Waals surface area contributed by atoms with E-state index in [1.807, 2.05) is 0 Å². The molecular weight excluding hydrogens is 307 g/mol. The minimum Gasteiger partial charge on any atom is -0.465 e. The van der Waals surface area contributed by atoms with Crippen LogP contribution in [0.4, 0.5) is 4.39 Å². The van der Waals surface area contributed by atoms with Gasteiger partial charge in [-0.05, 0) is 30.7 Å². The van der Waals surface area contributed by atoms with E-state index in [0.29, 0.717) is 16.7 Å². The first-order valence-electron chi connectivity index (χ1n) is 7.26. The van der Waals surface area contributed by atoms with Crippen molar-refractivity contribution in [3.05, 3.63) is 40.2 Å². The lowest BCUT2D eigenvalue weighted by Gasteiger charge is -2.35. The van der Waals surface area contributed by atoms with Crippen LogP contribution in [0.15, 0.2) is 33.5 Å². The van der Waals surface area contributed by atoms with Crippen LogP contribution in [0.1, 0.15) is 12.0 Å². The monoisotopic (exact) mass is 324 g/mol. The second-order valence-corrected chi connectivity index (χ2v) is 5.58. The number of aliphatic hydroxyl groups excluding tert-OH is 2. The Morgan fingerprint density at radius 2 is 2.13 bits per heavy atom. The molecule has 1 aromatic carbocycles. The molecular formula is C16H17FO6. The van der Waals surface area contributed by atoms with Crippen LogP contribution in [0.25, 0.3) is 11.0 Å². The van der Waals surface area contributed by atoms with Gasteiger partial charge in [-0.25, -0.2) is 9.18 Å². The second-order valence-electron chi connectivity index (χ2n) is 5.58. The lowest BCUT2D eigenvalue weighted by molar-refractivity contribution is -0.225. The first kappa shape index (κ1) is 15.9. The topological polar surface area (TPSA) is 89.1 Å². The summed E-state index contributed by atoms with van der Waals surface area (Å²) in [5, 5.41) is 20.1. The fraction of sp³-hybridized carbons (Fsp3) is 0.438. The third-order valence-electron chi connectivity index (χ3n) is 3.88. The van der Waals surface area contributed by atoms with E-state index in [1.54, 1.807) is 25.1 Å². The minimum absolute atomic E-state index is 0.0263. The first-order chi connectivity index (χ1) is 11.0. The van der Waals surface area contributed by atoms with E-state index in [2.05, 4.69) is 0 Å². The van der Waals surface area contributed by atoms with Crippen molar-refractivity contribution in [1.82, 2.24) is 0 Å². The van der Waals surface area contributed by atoms with Gasteiger partial charge in [-0.1, -0.05) is 0 Å². The molecule has 1 aliphatic heterocycles. The average Bonchev–Trinajstić information content (AvgIpc) is 2.51. The molecule has 4 atom stereocenters. The number of hydrogen-bond acceptors (Lipinski definition) is 6. The van der Waals surface area contributed by atoms with Gasteiger partial charge in [-0.15, -0.1) is 0 Å². The SMILES string of the molecule is Cc1cc(=O)oc2ccc(OC3CC(O)C(O)C(CF)O3)cc12. The number of fused-ring (bicyclic) bond motifs is 1. The number of aliphatic hydroxyl groups is 2. The zero-order chi connectivity index (χ0) is 16.6. The molecule has 2 N–H and O–H groups in total. The summed E-state index contributed by atoms with van der Waals surface area (Å²) in [6.07, 6.45) is -4.35. The highest BCUT2D eigenvalue weighted by Crippen LogP contribution is 2.27. The number of alkyl halides is 1. The molecule has 0 spiro atoms. The number of halogens is 1. The van der Waals surface area contributed by atoms with E-state index in [-0.39, 0.29) is 6.42 Å². The Morgan fingerprint density at radius 1 is 1.35 bits per heavy atom. The van der Waals surface area contributed by atoms with E-state index < -0.39 is 36.9 Å². The van der Waals surface area contributed by atoms with Crippen LogP contribution in [-0.4, -0.2) is 41.5 Å². The van der Waals surface area contributed by atoms with Crippen LogP contribution in [0.5, 0.6) is 5.75 Å². The van der Waals surface area contributed by atoms with Crippen LogP contribution in [0.2, 0.25) is 0 Å². The van der Waals surface area contributed by atoms with Crippen molar-refractivity contribution < 1.29 is 28.5 Å². The van der Waals surface area contributed by atoms with Crippen LogP contribution in [0, 0.1) is 6.92 Å². The third kappa shape index (κ3) is 3.21. The molecule has 1 aliphatic rings. The number of hydrogen-bond donors (Lipinski definition) is 2. The molecule has 124 valence electrons. The maximum Gasteiger partial charge on any atom is 0.336 e. The Morgan fingerprint density at radius 3 is 2.87 bits per heavy atom. The van der Waals surface area contributed by atoms with E-state index in [4.69, 9.17) is 13.9 Å². The van der Waals surface area contributed by atoms with Gasteiger partial charge in [0.25, 0.3) is 0 Å². The molecule has 0 aliphatic carbocycles. The molecule has 2 aromatic rings. The number of benzene rings is 1. The quantitative estimate of drug-likeness (QED) is 0.827. The predicted molar refractivity (Wildman–Crippen MR) is 79.1 cm³/mol. The summed E-state index contributed by atoms with van der Waals surface area (Å²) >= 11 is 0. The van der Waals surface area contributed by atoms with Gasteiger partial charge >= 0.3 is 5.63 Å². The summed E-state index contributed by atoms with van der Waals surface area (Å²) in [5.74, 6) is 0.431. The normalized spacial score (nSPS) is 28.0. The number of aryl methyl sites for hydroxylation is 1. The second kappa shape index (κ2) is 6.27. The smallest absolute Gasteiger partial charge is 0.336 e. The number of ether oxygens (including phenoxy) is 2. The lowest BCUT2D eigenvalue weighted by Crippen LogP contribution is -2.50. The van der Waals surface area contributed by atoms with E-state index >= 15 is 0 Å². The summed E-state index contributed by atoms with van der Waals surface area (Å²) in [6.45, 7) is 0.861. The van der Waals surface area contributed by atoms with E-state index in [0.717, 1.165) is 5.56 Å². The highest BCUT2D eigenvalue weighted by Gasteiger charge is 2.37. The van der Waals surface area contributed by atoms with Gasteiger partial charge in [0.05, 0.1) is 6.10 Å². The summed E-state index contributed by atoms with van der Waals surface area (Å²) in [5.41, 5.74) is 0.745. The molecule has 1 aromatic heterocycles. The average molecular weight is 324 g/mol. The fourth-order valence-electron chi connectivity index (χ4n) is 2.64. The standard InChI is InChI=1S/C16H17FO6/c1-8-4-14(19)22-12-3-2-9(5-10(8)12)21-15-6-11(18)16(20)13(7-17)23-15/h2-5,11,13,15-16,18,20H,6-7H2,1H3. The Kier molecular flexibility index (Phi) is 4.34. The maximum atomic E-state index is 12.8. The van der Waals surface area contributed by atoms with Crippen molar-refractivity contribution >= 4 is 11.0 Å². The van der Waals surface area contributed by atoms with Crippen LogP contribution >= 0.6 is 0 Å². The highest BCUT2D eigenvalue weighted by molar-refractivity contribution is 5.81. The molecule has 0 bridgehead atoms. The summed E-state index contributed by atoms with van der Waals surface area (Å²) in [6, 6.07) is 6.25. The van der Waals surface area contributed by atoms with Gasteiger partial charge < -0.3 is 24.1 Å². The van der Waals surface area contributed by atoms with Gasteiger partial charge in [0.1, 0.15) is 30.2 Å². The molecule has 1 fully saturated rings. The molecule has 1 saturated heterocycles. The minimum atomic E-state index is -1.27. The molecule has 0 saturated carbocycles. The van der Waals surface area contributed by atoms with E-state index in [1.165, 1.54) is 6.07 Å². The summed E-state index contributed by atoms with van der Waals surface area (Å²) in [4.78, 5) is 11.3. The molecule has 0 amide bonds. The van der Waals surface area contributed by atoms with Crippen molar-refractivity contribution in [2.24, 2.45) is 0 Å². The maximum absolute atomic E-state index is 12.8. The highest BCUT2D eigenvalue weighted by atomic mass is 19.1. The zero-order valence-electron chi connectivity index (χ0n) is 12.4. The van der Waals surface area contributed by atoms with Crippen LogP contribution < -0.4 is 10.4 Å². The summed E-state index contributed by atoms with van der Waals surface area (Å²) < 4.78 is 28.8. The van der Waals surface area contributed by atoms with Crippen LogP contribution in [0.3, 0.4) is 0 Å². The Balaban J connectivity index is 1.83. The Bertz CT molecular complexity index is 758. The van der Waals surface area contributed by atoms with Gasteiger partial charge in [0.15, 0.2) is 0 Å². The van der Waals surface area contributed by atoms with Crippen molar-refractivity contribution in [2.75, 3.05) is 6.67 Å². The Labute approximate surface area is 131 Å². The van der Waals surface area contributed by atoms with Crippen molar-refractivity contribution in [1.29, 1.82) is 0 Å². The van der Waals surface area contributed by atoms with Crippen molar-refractivity contribution in [3.8, 4) is 5.75 Å². The molecule has 0 radical (unpaired) electrons. The molecule has 3 rings (SSSR count). The molecule has 7 heteroatoms. The van der Waals surface area contributed by atoms with Gasteiger partial charge in [0.2, 0.25) is 6.29 Å². The zero-order valence-corrected chi connectivity index (χ0v) is 12.4. The third-order valence-corrected chi connectivity index (χ3v) is 3.88. The molecule has 4 unspecified atom stereocenters. The van der Waals surface area contributed by atoms with E-state index in [9.17, 15) is 19.4 Å². The molecule has 23 heavy (non-hydrogen) atoms. The van der Waals surface area contributed by atoms with Crippen molar-refractivity contribution in [3.63, 3.8) is 0 Å². The molecule has 2 heterocycles. The largest absolute Gasteiger partial charge is 0.465 e. The van der Waals surface area contributed by atoms with Gasteiger partial charge in [-0.3, -0.25) is 0 Å². The number of rotatable bonds is 3. The summed E-state index contributed by atoms with van der Waals surface area (Å²) in [7, 11) is 0. The van der Waals surface area contributed by atoms with Crippen LogP contribution in [-0.2, 0) is 4.74 Å². The molecule has 6 nitrogen and oxygen atoms in total. The fourth-order valence-corrected chi connectivity index (χ4v) is 2.64. The van der Waals surface area contributed by atoms with Gasteiger partial charge in [0, 0.05) is 17.9 Å². The first-order valence-corrected chi connectivity index (χ1v) is 7.26. The predicted octanol–water partition coefficient (Wildman–Crippen LogP) is 1.29. The van der Waals surface area contributed by atoms with Crippen molar-refractivity contribution in [2.45, 2.75) is 37.9 Å². The van der Waals surface area contributed by atoms with Gasteiger partial charge in [-0.2, -0.15) is 0 Å².